The fraction of sp³-hybridized carbons (Fsp3) is 0.500. The van der Waals surface area contributed by atoms with Crippen molar-refractivity contribution >= 4 is 17.4 Å². The minimum atomic E-state index is -0.529. The first-order chi connectivity index (χ1) is 8.15. The molecular formula is C12H20N4O. The van der Waals surface area contributed by atoms with Gasteiger partial charge in [-0.2, -0.15) is 0 Å². The van der Waals surface area contributed by atoms with Gasteiger partial charge in [0.2, 0.25) is 0 Å². The smallest absolute Gasteiger partial charge is 0.250 e. The van der Waals surface area contributed by atoms with E-state index in [4.69, 9.17) is 11.5 Å². The van der Waals surface area contributed by atoms with Crippen LogP contribution in [0.5, 0.6) is 0 Å². The van der Waals surface area contributed by atoms with E-state index in [-0.39, 0.29) is 0 Å². The van der Waals surface area contributed by atoms with Gasteiger partial charge in [0.1, 0.15) is 5.82 Å². The van der Waals surface area contributed by atoms with Gasteiger partial charge in [-0.1, -0.05) is 26.2 Å². The molecule has 0 unspecified atom stereocenters. The zero-order chi connectivity index (χ0) is 12.7. The van der Waals surface area contributed by atoms with E-state index in [0.29, 0.717) is 17.1 Å². The molecule has 0 bridgehead atoms. The Labute approximate surface area is 102 Å². The first kappa shape index (κ1) is 13.3. The Morgan fingerprint density at radius 3 is 2.82 bits per heavy atom. The van der Waals surface area contributed by atoms with Crippen LogP contribution in [-0.4, -0.2) is 17.4 Å². The number of anilines is 2. The van der Waals surface area contributed by atoms with Gasteiger partial charge in [-0.05, 0) is 12.5 Å². The fourth-order valence-corrected chi connectivity index (χ4v) is 1.54. The summed E-state index contributed by atoms with van der Waals surface area (Å²) in [5, 5.41) is 3.15. The maximum Gasteiger partial charge on any atom is 0.250 e. The molecule has 1 heterocycles. The van der Waals surface area contributed by atoms with Gasteiger partial charge in [-0.15, -0.1) is 0 Å². The van der Waals surface area contributed by atoms with Crippen LogP contribution in [0.2, 0.25) is 0 Å². The van der Waals surface area contributed by atoms with Crippen molar-refractivity contribution in [2.24, 2.45) is 5.73 Å². The minimum Gasteiger partial charge on any atom is -0.397 e. The molecule has 1 amide bonds. The van der Waals surface area contributed by atoms with Crippen LogP contribution in [-0.2, 0) is 0 Å². The van der Waals surface area contributed by atoms with Crippen molar-refractivity contribution in [3.05, 3.63) is 17.8 Å². The van der Waals surface area contributed by atoms with Crippen molar-refractivity contribution < 1.29 is 4.79 Å². The molecule has 5 heteroatoms. The largest absolute Gasteiger partial charge is 0.397 e. The molecule has 0 saturated heterocycles. The summed E-state index contributed by atoms with van der Waals surface area (Å²) in [7, 11) is 0. The number of hydrogen-bond donors (Lipinski definition) is 3. The standard InChI is InChI=1S/C12H20N4O/c1-2-3-4-5-6-15-11-7-9(12(14)17)10(13)8-16-11/h7-8H,2-6,13H2,1H3,(H2,14,17)(H,15,16). The van der Waals surface area contributed by atoms with Gasteiger partial charge in [0.25, 0.3) is 5.91 Å². The van der Waals surface area contributed by atoms with Crippen LogP contribution in [0, 0.1) is 0 Å². The molecule has 1 aromatic heterocycles. The molecule has 0 aliphatic heterocycles. The molecule has 0 fully saturated rings. The molecule has 17 heavy (non-hydrogen) atoms. The number of primary amides is 1. The van der Waals surface area contributed by atoms with Crippen molar-refractivity contribution in [2.45, 2.75) is 32.6 Å². The van der Waals surface area contributed by atoms with Gasteiger partial charge in [-0.25, -0.2) is 4.98 Å². The molecule has 0 atom stereocenters. The van der Waals surface area contributed by atoms with Crippen molar-refractivity contribution in [3.63, 3.8) is 0 Å². The number of rotatable bonds is 7. The lowest BCUT2D eigenvalue weighted by Gasteiger charge is -2.07. The van der Waals surface area contributed by atoms with Gasteiger partial charge in [-0.3, -0.25) is 4.79 Å². The fourth-order valence-electron chi connectivity index (χ4n) is 1.54. The molecule has 0 aliphatic rings. The van der Waals surface area contributed by atoms with E-state index in [2.05, 4.69) is 17.2 Å². The topological polar surface area (TPSA) is 94.0 Å². The number of nitrogens with one attached hydrogen (secondary N) is 1. The van der Waals surface area contributed by atoms with Crippen molar-refractivity contribution in [3.8, 4) is 0 Å². The summed E-state index contributed by atoms with van der Waals surface area (Å²) in [5.74, 6) is 0.114. The Kier molecular flexibility index (Phi) is 5.26. The molecule has 5 nitrogen and oxygen atoms in total. The van der Waals surface area contributed by atoms with Gasteiger partial charge in [0, 0.05) is 6.54 Å². The SMILES string of the molecule is CCCCCCNc1cc(C(N)=O)c(N)cn1. The van der Waals surface area contributed by atoms with E-state index < -0.39 is 5.91 Å². The number of aromatic nitrogens is 1. The van der Waals surface area contributed by atoms with E-state index in [9.17, 15) is 4.79 Å². The Balaban J connectivity index is 2.49. The van der Waals surface area contributed by atoms with Crippen molar-refractivity contribution in [1.82, 2.24) is 4.98 Å². The second-order valence-electron chi connectivity index (χ2n) is 4.01. The minimum absolute atomic E-state index is 0.314. The molecule has 1 rings (SSSR count). The highest BCUT2D eigenvalue weighted by Gasteiger charge is 2.07. The molecule has 5 N–H and O–H groups in total. The van der Waals surface area contributed by atoms with Crippen LogP contribution in [0.25, 0.3) is 0 Å². The average molecular weight is 236 g/mol. The number of nitrogens with two attached hydrogens (primary N) is 2. The van der Waals surface area contributed by atoms with Gasteiger partial charge >= 0.3 is 0 Å². The summed E-state index contributed by atoms with van der Waals surface area (Å²) >= 11 is 0. The van der Waals surface area contributed by atoms with E-state index in [1.165, 1.54) is 25.5 Å². The molecular weight excluding hydrogens is 216 g/mol. The Bertz CT molecular complexity index is 379. The Morgan fingerprint density at radius 1 is 1.41 bits per heavy atom. The maximum absolute atomic E-state index is 11.1. The molecule has 0 aliphatic carbocycles. The molecule has 0 radical (unpaired) electrons. The van der Waals surface area contributed by atoms with Crippen LogP contribution >= 0.6 is 0 Å². The van der Waals surface area contributed by atoms with Gasteiger partial charge in [0.15, 0.2) is 0 Å². The summed E-state index contributed by atoms with van der Waals surface area (Å²) in [5.41, 5.74) is 11.4. The molecule has 0 aromatic carbocycles. The highest BCUT2D eigenvalue weighted by molar-refractivity contribution is 5.98. The Morgan fingerprint density at radius 2 is 2.18 bits per heavy atom. The zero-order valence-electron chi connectivity index (χ0n) is 10.2. The number of nitrogens with zero attached hydrogens (tertiary/aromatic N) is 1. The van der Waals surface area contributed by atoms with Crippen LogP contribution < -0.4 is 16.8 Å². The number of hydrogen-bond acceptors (Lipinski definition) is 4. The maximum atomic E-state index is 11.1. The summed E-state index contributed by atoms with van der Waals surface area (Å²) < 4.78 is 0. The second kappa shape index (κ2) is 6.73. The van der Waals surface area contributed by atoms with Crippen LogP contribution in [0.15, 0.2) is 12.3 Å². The van der Waals surface area contributed by atoms with Crippen LogP contribution in [0.3, 0.4) is 0 Å². The number of pyridine rings is 1. The predicted molar refractivity (Wildman–Crippen MR) is 69.8 cm³/mol. The highest BCUT2D eigenvalue weighted by atomic mass is 16.1. The van der Waals surface area contributed by atoms with Crippen LogP contribution in [0.1, 0.15) is 43.0 Å². The van der Waals surface area contributed by atoms with E-state index >= 15 is 0 Å². The number of carbonyl (C=O) groups excluding carboxylic acids is 1. The first-order valence-electron chi connectivity index (χ1n) is 5.94. The summed E-state index contributed by atoms with van der Waals surface area (Å²) in [6.45, 7) is 3.02. The number of carbonyl (C=O) groups is 1. The first-order valence-corrected chi connectivity index (χ1v) is 5.94. The highest BCUT2D eigenvalue weighted by Crippen LogP contribution is 2.14. The van der Waals surface area contributed by atoms with Gasteiger partial charge in [0.05, 0.1) is 17.4 Å². The zero-order valence-corrected chi connectivity index (χ0v) is 10.2. The number of nitrogen functional groups attached to an aromatic ring is 1. The average Bonchev–Trinajstić information content (AvgIpc) is 2.30. The lowest BCUT2D eigenvalue weighted by molar-refractivity contribution is 0.100. The summed E-state index contributed by atoms with van der Waals surface area (Å²) in [6, 6.07) is 1.59. The monoisotopic (exact) mass is 236 g/mol. The lowest BCUT2D eigenvalue weighted by atomic mass is 10.2. The summed E-state index contributed by atoms with van der Waals surface area (Å²) in [6.07, 6.45) is 6.19. The third-order valence-corrected chi connectivity index (χ3v) is 2.54. The van der Waals surface area contributed by atoms with Crippen molar-refractivity contribution in [2.75, 3.05) is 17.6 Å². The number of amides is 1. The lowest BCUT2D eigenvalue weighted by Crippen LogP contribution is -2.15. The molecule has 1 aromatic rings. The van der Waals surface area contributed by atoms with E-state index in [1.807, 2.05) is 0 Å². The normalized spacial score (nSPS) is 10.2. The van der Waals surface area contributed by atoms with Crippen LogP contribution in [0.4, 0.5) is 11.5 Å². The predicted octanol–water partition coefficient (Wildman–Crippen LogP) is 1.75. The van der Waals surface area contributed by atoms with E-state index in [0.717, 1.165) is 13.0 Å². The Hall–Kier alpha value is -1.78. The summed E-state index contributed by atoms with van der Waals surface area (Å²) in [4.78, 5) is 15.2. The number of unbranched alkanes of at least 4 members (excludes halogenated alkanes) is 3. The second-order valence-corrected chi connectivity index (χ2v) is 4.01. The molecule has 0 spiro atoms. The quantitative estimate of drug-likeness (QED) is 0.629. The third-order valence-electron chi connectivity index (χ3n) is 2.54. The van der Waals surface area contributed by atoms with E-state index in [1.54, 1.807) is 6.07 Å². The van der Waals surface area contributed by atoms with Gasteiger partial charge < -0.3 is 16.8 Å². The molecule has 94 valence electrons. The molecule has 0 saturated carbocycles. The van der Waals surface area contributed by atoms with Crippen molar-refractivity contribution in [1.29, 1.82) is 0 Å². The third kappa shape index (κ3) is 4.30.